The quantitative estimate of drug-likeness (QED) is 0.824. The molecule has 84 valence electrons. The number of nitrogens with zero attached hydrogens (tertiary/aromatic N) is 1. The van der Waals surface area contributed by atoms with Crippen LogP contribution < -0.4 is 4.74 Å². The summed E-state index contributed by atoms with van der Waals surface area (Å²) >= 11 is 5.36. The predicted molar refractivity (Wildman–Crippen MR) is 66.6 cm³/mol. The number of hydrogen-bond acceptors (Lipinski definition) is 2. The second kappa shape index (κ2) is 3.63. The summed E-state index contributed by atoms with van der Waals surface area (Å²) in [6.45, 7) is 2.67. The van der Waals surface area contributed by atoms with Crippen molar-refractivity contribution in [2.45, 2.75) is 25.8 Å². The topological polar surface area (TPSA) is 29.9 Å². The van der Waals surface area contributed by atoms with Gasteiger partial charge in [-0.05, 0) is 44.1 Å². The maximum absolute atomic E-state index is 5.60. The van der Waals surface area contributed by atoms with Crippen LogP contribution in [0.3, 0.4) is 0 Å². The van der Waals surface area contributed by atoms with E-state index < -0.39 is 0 Å². The number of aromatic amines is 1. The lowest BCUT2D eigenvalue weighted by atomic mass is 10.3. The average molecular weight is 234 g/mol. The smallest absolute Gasteiger partial charge is 0.178 e. The summed E-state index contributed by atoms with van der Waals surface area (Å²) < 4.78 is 8.62. The van der Waals surface area contributed by atoms with Crippen LogP contribution in [0.15, 0.2) is 18.2 Å². The van der Waals surface area contributed by atoms with Crippen molar-refractivity contribution < 1.29 is 4.74 Å². The minimum absolute atomic E-state index is 0.595. The monoisotopic (exact) mass is 234 g/mol. The fourth-order valence-corrected chi connectivity index (χ4v) is 2.44. The Morgan fingerprint density at radius 3 is 3.00 bits per heavy atom. The Morgan fingerprint density at radius 2 is 2.31 bits per heavy atom. The van der Waals surface area contributed by atoms with Crippen molar-refractivity contribution >= 4 is 23.3 Å². The summed E-state index contributed by atoms with van der Waals surface area (Å²) in [5.41, 5.74) is 2.19. The van der Waals surface area contributed by atoms with E-state index in [0.29, 0.717) is 12.6 Å². The van der Waals surface area contributed by atoms with Crippen molar-refractivity contribution in [2.24, 2.45) is 0 Å². The molecule has 3 rings (SSSR count). The first-order chi connectivity index (χ1) is 7.81. The van der Waals surface area contributed by atoms with E-state index in [1.165, 1.54) is 18.4 Å². The van der Waals surface area contributed by atoms with Gasteiger partial charge in [-0.25, -0.2) is 0 Å². The highest BCUT2D eigenvalue weighted by atomic mass is 32.1. The summed E-state index contributed by atoms with van der Waals surface area (Å²) in [5, 5.41) is 0. The number of rotatable bonds is 3. The van der Waals surface area contributed by atoms with Gasteiger partial charge in [-0.15, -0.1) is 0 Å². The number of nitrogens with one attached hydrogen (secondary N) is 1. The van der Waals surface area contributed by atoms with E-state index in [0.717, 1.165) is 16.0 Å². The molecule has 0 amide bonds. The van der Waals surface area contributed by atoms with Gasteiger partial charge >= 0.3 is 0 Å². The van der Waals surface area contributed by atoms with Gasteiger partial charge in [0, 0.05) is 6.04 Å². The number of hydrogen-bond donors (Lipinski definition) is 1. The van der Waals surface area contributed by atoms with Crippen LogP contribution >= 0.6 is 12.2 Å². The van der Waals surface area contributed by atoms with E-state index in [9.17, 15) is 0 Å². The highest BCUT2D eigenvalue weighted by Gasteiger charge is 2.26. The van der Waals surface area contributed by atoms with Gasteiger partial charge in [0.2, 0.25) is 0 Å². The zero-order valence-corrected chi connectivity index (χ0v) is 10.0. The van der Waals surface area contributed by atoms with Gasteiger partial charge in [0.15, 0.2) is 4.77 Å². The first-order valence-electron chi connectivity index (χ1n) is 5.67. The van der Waals surface area contributed by atoms with Crippen LogP contribution in [0, 0.1) is 4.77 Å². The van der Waals surface area contributed by atoms with E-state index >= 15 is 0 Å². The minimum Gasteiger partial charge on any atom is -0.492 e. The van der Waals surface area contributed by atoms with Crippen LogP contribution in [0.1, 0.15) is 25.8 Å². The molecule has 0 atom stereocenters. The van der Waals surface area contributed by atoms with Crippen LogP contribution in [0.4, 0.5) is 0 Å². The molecule has 2 aromatic rings. The Balaban J connectivity index is 2.25. The van der Waals surface area contributed by atoms with Gasteiger partial charge in [0.1, 0.15) is 11.3 Å². The largest absolute Gasteiger partial charge is 0.492 e. The normalized spacial score (nSPS) is 15.6. The summed E-state index contributed by atoms with van der Waals surface area (Å²) in [4.78, 5) is 3.25. The second-order valence-electron chi connectivity index (χ2n) is 4.11. The van der Waals surface area contributed by atoms with E-state index in [-0.39, 0.29) is 0 Å². The molecule has 1 aromatic heterocycles. The van der Waals surface area contributed by atoms with Crippen LogP contribution in [0.2, 0.25) is 0 Å². The minimum atomic E-state index is 0.595. The van der Waals surface area contributed by atoms with Gasteiger partial charge in [-0.3, -0.25) is 0 Å². The van der Waals surface area contributed by atoms with Crippen LogP contribution in [-0.4, -0.2) is 16.2 Å². The van der Waals surface area contributed by atoms with Crippen molar-refractivity contribution in [3.63, 3.8) is 0 Å². The van der Waals surface area contributed by atoms with E-state index in [2.05, 4.69) is 15.6 Å². The molecule has 0 radical (unpaired) electrons. The van der Waals surface area contributed by atoms with Crippen LogP contribution in [0.5, 0.6) is 5.75 Å². The maximum Gasteiger partial charge on any atom is 0.178 e. The van der Waals surface area contributed by atoms with Crippen molar-refractivity contribution in [1.29, 1.82) is 0 Å². The molecule has 1 aromatic carbocycles. The van der Waals surface area contributed by atoms with Crippen LogP contribution in [-0.2, 0) is 0 Å². The molecule has 0 unspecified atom stereocenters. The molecule has 0 aliphatic heterocycles. The standard InChI is InChI=1S/C12H14N2OS/c1-2-15-10-5-3-4-9-11(10)13-12(16)14(9)8-6-7-8/h3-5,8H,2,6-7H2,1H3,(H,13,16). The number of para-hydroxylation sites is 1. The summed E-state index contributed by atoms with van der Waals surface area (Å²) in [6.07, 6.45) is 2.47. The lowest BCUT2D eigenvalue weighted by Crippen LogP contribution is -1.94. The SMILES string of the molecule is CCOc1cccc2c1[nH]c(=S)n2C1CC1. The second-order valence-corrected chi connectivity index (χ2v) is 4.50. The van der Waals surface area contributed by atoms with Gasteiger partial charge < -0.3 is 14.3 Å². The Morgan fingerprint density at radius 1 is 1.50 bits per heavy atom. The average Bonchev–Trinajstić information content (AvgIpc) is 3.03. The highest BCUT2D eigenvalue weighted by molar-refractivity contribution is 7.71. The molecule has 1 aliphatic rings. The van der Waals surface area contributed by atoms with Gasteiger partial charge in [0.05, 0.1) is 12.1 Å². The molecule has 1 saturated carbocycles. The van der Waals surface area contributed by atoms with E-state index in [1.807, 2.05) is 19.1 Å². The number of aromatic nitrogens is 2. The van der Waals surface area contributed by atoms with Crippen LogP contribution in [0.25, 0.3) is 11.0 Å². The third-order valence-electron chi connectivity index (χ3n) is 2.93. The molecular weight excluding hydrogens is 220 g/mol. The van der Waals surface area contributed by atoms with Crippen molar-refractivity contribution in [3.8, 4) is 5.75 Å². The Hall–Kier alpha value is -1.29. The predicted octanol–water partition coefficient (Wildman–Crippen LogP) is 3.43. The lowest BCUT2D eigenvalue weighted by Gasteiger charge is -2.05. The third-order valence-corrected chi connectivity index (χ3v) is 3.23. The number of fused-ring (bicyclic) bond motifs is 1. The number of imidazole rings is 1. The lowest BCUT2D eigenvalue weighted by molar-refractivity contribution is 0.343. The third kappa shape index (κ3) is 1.45. The maximum atomic E-state index is 5.60. The molecule has 1 N–H and O–H groups in total. The van der Waals surface area contributed by atoms with Crippen molar-refractivity contribution in [1.82, 2.24) is 9.55 Å². The molecular formula is C12H14N2OS. The zero-order valence-electron chi connectivity index (χ0n) is 9.19. The molecule has 0 spiro atoms. The number of ether oxygens (including phenoxy) is 1. The first kappa shape index (κ1) is 9.90. The molecule has 4 heteroatoms. The number of H-pyrrole nitrogens is 1. The van der Waals surface area contributed by atoms with Gasteiger partial charge in [-0.1, -0.05) is 6.07 Å². The molecule has 0 bridgehead atoms. The molecule has 16 heavy (non-hydrogen) atoms. The fourth-order valence-electron chi connectivity index (χ4n) is 2.09. The molecule has 1 fully saturated rings. The Kier molecular flexibility index (Phi) is 2.24. The summed E-state index contributed by atoms with van der Waals surface area (Å²) in [5.74, 6) is 0.894. The molecule has 0 saturated heterocycles. The summed E-state index contributed by atoms with van der Waals surface area (Å²) in [7, 11) is 0. The van der Waals surface area contributed by atoms with Crippen molar-refractivity contribution in [2.75, 3.05) is 6.61 Å². The molecule has 1 heterocycles. The van der Waals surface area contributed by atoms with Crippen molar-refractivity contribution in [3.05, 3.63) is 23.0 Å². The first-order valence-corrected chi connectivity index (χ1v) is 6.08. The van der Waals surface area contributed by atoms with E-state index in [4.69, 9.17) is 17.0 Å². The molecule has 1 aliphatic carbocycles. The summed E-state index contributed by atoms with van der Waals surface area (Å²) in [6, 6.07) is 6.70. The Bertz CT molecular complexity index is 580. The molecule has 3 nitrogen and oxygen atoms in total. The zero-order chi connectivity index (χ0) is 11.1. The fraction of sp³-hybridized carbons (Fsp3) is 0.417. The highest BCUT2D eigenvalue weighted by Crippen LogP contribution is 2.39. The Labute approximate surface area is 99.0 Å². The van der Waals surface area contributed by atoms with Gasteiger partial charge in [-0.2, -0.15) is 0 Å². The van der Waals surface area contributed by atoms with Gasteiger partial charge in [0.25, 0.3) is 0 Å². The van der Waals surface area contributed by atoms with E-state index in [1.54, 1.807) is 0 Å². The number of benzene rings is 1.